The van der Waals surface area contributed by atoms with E-state index in [1.165, 1.54) is 6.07 Å². The van der Waals surface area contributed by atoms with E-state index in [4.69, 9.17) is 11.6 Å². The van der Waals surface area contributed by atoms with Crippen LogP contribution in [0.4, 0.5) is 4.39 Å². The first-order chi connectivity index (χ1) is 10.2. The molecule has 0 unspecified atom stereocenters. The van der Waals surface area contributed by atoms with Crippen molar-refractivity contribution in [3.05, 3.63) is 59.1 Å². The van der Waals surface area contributed by atoms with E-state index in [1.54, 1.807) is 19.2 Å². The second-order valence-electron chi connectivity index (χ2n) is 4.52. The maximum atomic E-state index is 13.1. The molecule has 2 aromatic rings. The number of nitrogens with zero attached hydrogens (tertiary/aromatic N) is 2. The summed E-state index contributed by atoms with van der Waals surface area (Å²) in [5.74, 6) is 0.289. The van der Waals surface area contributed by atoms with Gasteiger partial charge in [-0.2, -0.15) is 0 Å². The number of guanidine groups is 1. The van der Waals surface area contributed by atoms with Crippen molar-refractivity contribution in [2.24, 2.45) is 4.99 Å². The van der Waals surface area contributed by atoms with Gasteiger partial charge in [-0.25, -0.2) is 4.39 Å². The molecule has 4 nitrogen and oxygen atoms in total. The van der Waals surface area contributed by atoms with Gasteiger partial charge in [0.25, 0.3) is 0 Å². The fraction of sp³-hybridized carbons (Fsp3) is 0.267. The number of rotatable bonds is 5. The van der Waals surface area contributed by atoms with E-state index in [-0.39, 0.29) is 5.02 Å². The summed E-state index contributed by atoms with van der Waals surface area (Å²) in [5.41, 5.74) is 0.898. The highest BCUT2D eigenvalue weighted by Gasteiger charge is 2.02. The lowest BCUT2D eigenvalue weighted by Crippen LogP contribution is -2.38. The molecule has 21 heavy (non-hydrogen) atoms. The molecule has 0 saturated carbocycles. The predicted octanol–water partition coefficient (Wildman–Crippen LogP) is 2.65. The molecule has 1 aromatic carbocycles. The van der Waals surface area contributed by atoms with E-state index in [2.05, 4.69) is 20.2 Å². The van der Waals surface area contributed by atoms with E-state index in [1.807, 2.05) is 24.5 Å². The molecule has 0 radical (unpaired) electrons. The third kappa shape index (κ3) is 4.79. The highest BCUT2D eigenvalue weighted by molar-refractivity contribution is 6.30. The Hall–Kier alpha value is -2.01. The molecule has 0 fully saturated rings. The number of halogens is 2. The summed E-state index contributed by atoms with van der Waals surface area (Å²) >= 11 is 5.75. The highest BCUT2D eigenvalue weighted by Crippen LogP contribution is 2.15. The van der Waals surface area contributed by atoms with Crippen LogP contribution < -0.4 is 10.6 Å². The van der Waals surface area contributed by atoms with Crippen molar-refractivity contribution in [1.82, 2.24) is 15.2 Å². The minimum absolute atomic E-state index is 0.129. The third-order valence-electron chi connectivity index (χ3n) is 3.00. The molecule has 0 aliphatic carbocycles. The highest BCUT2D eigenvalue weighted by atomic mass is 35.5. The molecule has 2 rings (SSSR count). The Morgan fingerprint density at radius 3 is 2.71 bits per heavy atom. The molecular weight excluding hydrogens is 291 g/mol. The minimum atomic E-state index is -0.408. The van der Waals surface area contributed by atoms with Crippen LogP contribution in [0.15, 0.2) is 47.7 Å². The lowest BCUT2D eigenvalue weighted by molar-refractivity contribution is 0.627. The zero-order chi connectivity index (χ0) is 15.1. The van der Waals surface area contributed by atoms with E-state index >= 15 is 0 Å². The van der Waals surface area contributed by atoms with Gasteiger partial charge >= 0.3 is 0 Å². The van der Waals surface area contributed by atoms with E-state index in [9.17, 15) is 4.39 Å². The summed E-state index contributed by atoms with van der Waals surface area (Å²) in [6, 6.07) is 8.65. The summed E-state index contributed by atoms with van der Waals surface area (Å²) in [4.78, 5) is 4.14. The first-order valence-electron chi connectivity index (χ1n) is 6.68. The topological polar surface area (TPSA) is 41.4 Å². The lowest BCUT2D eigenvalue weighted by Gasteiger charge is -2.12. The molecular formula is C15H18ClFN4. The largest absolute Gasteiger partial charge is 0.355 e. The second-order valence-corrected chi connectivity index (χ2v) is 4.93. The Bertz CT molecular complexity index is 596. The van der Waals surface area contributed by atoms with E-state index < -0.39 is 5.82 Å². The molecule has 1 heterocycles. The van der Waals surface area contributed by atoms with Gasteiger partial charge in [-0.1, -0.05) is 17.7 Å². The van der Waals surface area contributed by atoms with Crippen LogP contribution in [-0.4, -0.2) is 24.1 Å². The number of aliphatic imine (C=N–C) groups is 1. The molecule has 0 atom stereocenters. The zero-order valence-corrected chi connectivity index (χ0v) is 12.6. The van der Waals surface area contributed by atoms with Gasteiger partial charge in [0.15, 0.2) is 5.96 Å². The molecule has 0 spiro atoms. The summed E-state index contributed by atoms with van der Waals surface area (Å²) in [5, 5.41) is 6.51. The summed E-state index contributed by atoms with van der Waals surface area (Å²) in [6.07, 6.45) is 4.02. The van der Waals surface area contributed by atoms with Crippen LogP contribution in [0.25, 0.3) is 0 Å². The van der Waals surface area contributed by atoms with Crippen molar-refractivity contribution in [3.8, 4) is 0 Å². The Morgan fingerprint density at radius 1 is 1.29 bits per heavy atom. The lowest BCUT2D eigenvalue weighted by atomic mass is 10.2. The van der Waals surface area contributed by atoms with Crippen molar-refractivity contribution in [2.45, 2.75) is 13.1 Å². The van der Waals surface area contributed by atoms with Gasteiger partial charge in [-0.15, -0.1) is 0 Å². The van der Waals surface area contributed by atoms with E-state index in [0.29, 0.717) is 12.5 Å². The van der Waals surface area contributed by atoms with Gasteiger partial charge in [-0.3, -0.25) is 4.99 Å². The molecule has 0 amide bonds. The number of benzene rings is 1. The van der Waals surface area contributed by atoms with Gasteiger partial charge in [0, 0.05) is 39.1 Å². The molecule has 0 bridgehead atoms. The standard InChI is InChI=1S/C15H18ClFN4/c1-18-15(19-6-9-21-7-2-3-8-21)20-11-12-4-5-14(17)13(16)10-12/h2-5,7-8,10H,6,9,11H2,1H3,(H2,18,19,20). The van der Waals surface area contributed by atoms with Crippen LogP contribution in [0.5, 0.6) is 0 Å². The fourth-order valence-corrected chi connectivity index (χ4v) is 2.08. The Labute approximate surface area is 128 Å². The third-order valence-corrected chi connectivity index (χ3v) is 3.29. The normalized spacial score (nSPS) is 11.5. The number of hydrogen-bond acceptors (Lipinski definition) is 1. The number of hydrogen-bond donors (Lipinski definition) is 2. The molecule has 0 saturated heterocycles. The maximum absolute atomic E-state index is 13.1. The molecule has 6 heteroatoms. The van der Waals surface area contributed by atoms with Gasteiger partial charge in [0.2, 0.25) is 0 Å². The monoisotopic (exact) mass is 308 g/mol. The molecule has 2 N–H and O–H groups in total. The molecule has 1 aromatic heterocycles. The SMILES string of the molecule is CN=C(NCCn1cccc1)NCc1ccc(F)c(Cl)c1. The van der Waals surface area contributed by atoms with Crippen LogP contribution in [-0.2, 0) is 13.1 Å². The van der Waals surface area contributed by atoms with Gasteiger partial charge in [0.05, 0.1) is 5.02 Å². The summed E-state index contributed by atoms with van der Waals surface area (Å²) in [7, 11) is 1.71. The minimum Gasteiger partial charge on any atom is -0.355 e. The van der Waals surface area contributed by atoms with Gasteiger partial charge < -0.3 is 15.2 Å². The smallest absolute Gasteiger partial charge is 0.191 e. The zero-order valence-electron chi connectivity index (χ0n) is 11.8. The van der Waals surface area contributed by atoms with Gasteiger partial charge in [0.1, 0.15) is 5.82 Å². The molecule has 0 aliphatic rings. The summed E-state index contributed by atoms with van der Waals surface area (Å²) in [6.45, 7) is 2.15. The van der Waals surface area contributed by atoms with Crippen molar-refractivity contribution >= 4 is 17.6 Å². The van der Waals surface area contributed by atoms with Crippen LogP contribution in [0, 0.1) is 5.82 Å². The number of aromatic nitrogens is 1. The van der Waals surface area contributed by atoms with Crippen LogP contribution in [0.2, 0.25) is 5.02 Å². The quantitative estimate of drug-likeness (QED) is 0.658. The summed E-state index contributed by atoms with van der Waals surface area (Å²) < 4.78 is 15.2. The first-order valence-corrected chi connectivity index (χ1v) is 7.06. The number of nitrogens with one attached hydrogen (secondary N) is 2. The first kappa shape index (κ1) is 15.4. The average Bonchev–Trinajstić information content (AvgIpc) is 2.99. The second kappa shape index (κ2) is 7.69. The van der Waals surface area contributed by atoms with E-state index in [0.717, 1.165) is 18.7 Å². The van der Waals surface area contributed by atoms with Crippen molar-refractivity contribution < 1.29 is 4.39 Å². The van der Waals surface area contributed by atoms with Crippen LogP contribution >= 0.6 is 11.6 Å². The Kier molecular flexibility index (Phi) is 5.63. The average molecular weight is 309 g/mol. The molecule has 112 valence electrons. The van der Waals surface area contributed by atoms with Gasteiger partial charge in [-0.05, 0) is 29.8 Å². The van der Waals surface area contributed by atoms with Crippen molar-refractivity contribution in [2.75, 3.05) is 13.6 Å². The van der Waals surface area contributed by atoms with Crippen molar-refractivity contribution in [3.63, 3.8) is 0 Å². The fourth-order valence-electron chi connectivity index (χ4n) is 1.88. The predicted molar refractivity (Wildman–Crippen MR) is 84.0 cm³/mol. The van der Waals surface area contributed by atoms with Crippen LogP contribution in [0.1, 0.15) is 5.56 Å². The Balaban J connectivity index is 1.78. The van der Waals surface area contributed by atoms with Crippen LogP contribution in [0.3, 0.4) is 0 Å². The van der Waals surface area contributed by atoms with Crippen molar-refractivity contribution in [1.29, 1.82) is 0 Å². The Morgan fingerprint density at radius 2 is 2.05 bits per heavy atom. The molecule has 0 aliphatic heterocycles. The maximum Gasteiger partial charge on any atom is 0.191 e.